The Kier molecular flexibility index (Phi) is 9.01. The second-order valence-electron chi connectivity index (χ2n) is 9.96. The van der Waals surface area contributed by atoms with E-state index in [9.17, 15) is 4.79 Å². The molecule has 0 aliphatic carbocycles. The second-order valence-corrected chi connectivity index (χ2v) is 9.96. The first-order chi connectivity index (χ1) is 16.1. The molecule has 0 amide bonds. The van der Waals surface area contributed by atoms with Crippen molar-refractivity contribution >= 4 is 11.0 Å². The predicted octanol–water partition coefficient (Wildman–Crippen LogP) is 2.98. The SMILES string of the molecule is CN(CCCCCCCN1CCOCC1)Cc1cccc2c1n(C)c(=O)n2C1CCCNC1. The minimum absolute atomic E-state index is 0.117. The van der Waals surface area contributed by atoms with E-state index in [0.717, 1.165) is 76.4 Å². The number of aromatic nitrogens is 2. The summed E-state index contributed by atoms with van der Waals surface area (Å²) in [6.45, 7) is 9.15. The van der Waals surface area contributed by atoms with Gasteiger partial charge in [0.1, 0.15) is 0 Å². The Bertz CT molecular complexity index is 925. The van der Waals surface area contributed by atoms with Crippen molar-refractivity contribution in [2.75, 3.05) is 59.5 Å². The lowest BCUT2D eigenvalue weighted by atomic mass is 10.1. The number of benzene rings is 1. The van der Waals surface area contributed by atoms with E-state index < -0.39 is 0 Å². The quantitative estimate of drug-likeness (QED) is 0.526. The molecule has 1 atom stereocenters. The van der Waals surface area contributed by atoms with E-state index in [1.807, 2.05) is 16.2 Å². The Morgan fingerprint density at radius 3 is 2.70 bits per heavy atom. The molecule has 33 heavy (non-hydrogen) atoms. The maximum atomic E-state index is 13.1. The van der Waals surface area contributed by atoms with Gasteiger partial charge >= 0.3 is 5.69 Å². The number of ether oxygens (including phenoxy) is 1. The fraction of sp³-hybridized carbons (Fsp3) is 0.731. The molecule has 2 saturated heterocycles. The van der Waals surface area contributed by atoms with Gasteiger partial charge in [-0.05, 0) is 64.0 Å². The molecule has 2 aliphatic heterocycles. The molecular formula is C26H43N5O2. The maximum absolute atomic E-state index is 13.1. The number of nitrogens with one attached hydrogen (secondary N) is 1. The average molecular weight is 458 g/mol. The Labute approximate surface area is 198 Å². The number of imidazole rings is 1. The van der Waals surface area contributed by atoms with E-state index in [-0.39, 0.29) is 11.7 Å². The van der Waals surface area contributed by atoms with Crippen molar-refractivity contribution in [2.45, 2.75) is 57.5 Å². The van der Waals surface area contributed by atoms with Crippen LogP contribution in [0.1, 0.15) is 56.6 Å². The summed E-state index contributed by atoms with van der Waals surface area (Å²) in [6.07, 6.45) is 8.68. The van der Waals surface area contributed by atoms with Crippen LogP contribution in [0.15, 0.2) is 23.0 Å². The number of nitrogens with zero attached hydrogens (tertiary/aromatic N) is 4. The summed E-state index contributed by atoms with van der Waals surface area (Å²) >= 11 is 0. The molecule has 1 unspecified atom stereocenters. The Morgan fingerprint density at radius 2 is 1.91 bits per heavy atom. The Morgan fingerprint density at radius 1 is 1.12 bits per heavy atom. The highest BCUT2D eigenvalue weighted by atomic mass is 16.5. The summed E-state index contributed by atoms with van der Waals surface area (Å²) in [5.41, 5.74) is 3.55. The molecule has 7 heteroatoms. The van der Waals surface area contributed by atoms with Crippen molar-refractivity contribution in [1.82, 2.24) is 24.3 Å². The number of fused-ring (bicyclic) bond motifs is 1. The van der Waals surface area contributed by atoms with Gasteiger partial charge in [0, 0.05) is 33.2 Å². The third kappa shape index (κ3) is 6.27. The monoisotopic (exact) mass is 457 g/mol. The minimum Gasteiger partial charge on any atom is -0.379 e. The molecule has 2 aromatic rings. The molecule has 0 spiro atoms. The summed E-state index contributed by atoms with van der Waals surface area (Å²) in [4.78, 5) is 18.0. The standard InChI is InChI=1S/C26H43N5O2/c1-28(14-6-4-3-5-7-15-30-16-18-33-19-17-30)21-22-10-8-12-24-25(22)29(2)26(32)31(24)23-11-9-13-27-20-23/h8,10,12,23,27H,3-7,9,11,13-21H2,1-2H3. The number of piperidine rings is 1. The van der Waals surface area contributed by atoms with Gasteiger partial charge in [0.25, 0.3) is 0 Å². The van der Waals surface area contributed by atoms with Crippen LogP contribution in [0.2, 0.25) is 0 Å². The van der Waals surface area contributed by atoms with Crippen LogP contribution in [0.5, 0.6) is 0 Å². The van der Waals surface area contributed by atoms with Gasteiger partial charge in [-0.15, -0.1) is 0 Å². The smallest absolute Gasteiger partial charge is 0.329 e. The number of hydrogen-bond donors (Lipinski definition) is 1. The summed E-state index contributed by atoms with van der Waals surface area (Å²) in [6, 6.07) is 6.68. The zero-order chi connectivity index (χ0) is 23.0. The van der Waals surface area contributed by atoms with Crippen LogP contribution >= 0.6 is 0 Å². The average Bonchev–Trinajstić information content (AvgIpc) is 3.10. The molecule has 0 bridgehead atoms. The fourth-order valence-corrected chi connectivity index (χ4v) is 5.50. The van der Waals surface area contributed by atoms with E-state index in [4.69, 9.17) is 4.74 Å². The molecular weight excluding hydrogens is 414 g/mol. The summed E-state index contributed by atoms with van der Waals surface area (Å²) in [5, 5.41) is 3.45. The van der Waals surface area contributed by atoms with Gasteiger partial charge in [-0.1, -0.05) is 31.4 Å². The van der Waals surface area contributed by atoms with Crippen LogP contribution in [0.25, 0.3) is 11.0 Å². The molecule has 2 fully saturated rings. The molecule has 4 rings (SSSR count). The Hall–Kier alpha value is -1.67. The third-order valence-corrected chi connectivity index (χ3v) is 7.38. The summed E-state index contributed by atoms with van der Waals surface area (Å²) in [7, 11) is 4.13. The number of para-hydroxylation sites is 1. The van der Waals surface area contributed by atoms with Crippen LogP contribution in [0, 0.1) is 0 Å². The predicted molar refractivity (Wildman–Crippen MR) is 135 cm³/mol. The molecule has 0 saturated carbocycles. The summed E-state index contributed by atoms with van der Waals surface area (Å²) < 4.78 is 9.31. The molecule has 1 N–H and O–H groups in total. The van der Waals surface area contributed by atoms with E-state index in [0.29, 0.717) is 0 Å². The lowest BCUT2D eigenvalue weighted by Crippen LogP contribution is -2.36. The molecule has 3 heterocycles. The van der Waals surface area contributed by atoms with Gasteiger partial charge in [-0.25, -0.2) is 4.79 Å². The zero-order valence-corrected chi connectivity index (χ0v) is 20.7. The highest BCUT2D eigenvalue weighted by Crippen LogP contribution is 2.24. The first-order valence-electron chi connectivity index (χ1n) is 13.0. The second kappa shape index (κ2) is 12.2. The largest absolute Gasteiger partial charge is 0.379 e. The van der Waals surface area contributed by atoms with Crippen LogP contribution in [0.4, 0.5) is 0 Å². The van der Waals surface area contributed by atoms with Gasteiger partial charge in [0.05, 0.1) is 30.3 Å². The molecule has 2 aliphatic rings. The van der Waals surface area contributed by atoms with Crippen LogP contribution in [-0.2, 0) is 18.3 Å². The topological polar surface area (TPSA) is 54.7 Å². The molecule has 1 aromatic carbocycles. The van der Waals surface area contributed by atoms with Crippen molar-refractivity contribution in [1.29, 1.82) is 0 Å². The van der Waals surface area contributed by atoms with Gasteiger partial charge in [0.15, 0.2) is 0 Å². The Balaban J connectivity index is 1.25. The molecule has 184 valence electrons. The van der Waals surface area contributed by atoms with Crippen LogP contribution in [0.3, 0.4) is 0 Å². The van der Waals surface area contributed by atoms with E-state index >= 15 is 0 Å². The van der Waals surface area contributed by atoms with Gasteiger partial charge in [-0.2, -0.15) is 0 Å². The van der Waals surface area contributed by atoms with Gasteiger partial charge in [-0.3, -0.25) is 14.0 Å². The molecule has 1 aromatic heterocycles. The van der Waals surface area contributed by atoms with Crippen molar-refractivity contribution in [2.24, 2.45) is 7.05 Å². The number of rotatable bonds is 11. The lowest BCUT2D eigenvalue weighted by molar-refractivity contribution is 0.0371. The number of aryl methyl sites for hydroxylation is 1. The molecule has 0 radical (unpaired) electrons. The maximum Gasteiger partial charge on any atom is 0.329 e. The van der Waals surface area contributed by atoms with Crippen molar-refractivity contribution in [3.8, 4) is 0 Å². The number of hydrogen-bond acceptors (Lipinski definition) is 5. The first-order valence-corrected chi connectivity index (χ1v) is 13.0. The van der Waals surface area contributed by atoms with Crippen LogP contribution in [-0.4, -0.2) is 78.5 Å². The minimum atomic E-state index is 0.117. The highest BCUT2D eigenvalue weighted by Gasteiger charge is 2.22. The normalized spacial score (nSPS) is 20.2. The van der Waals surface area contributed by atoms with E-state index in [1.165, 1.54) is 44.2 Å². The van der Waals surface area contributed by atoms with E-state index in [1.54, 1.807) is 0 Å². The fourth-order valence-electron chi connectivity index (χ4n) is 5.50. The zero-order valence-electron chi connectivity index (χ0n) is 20.7. The highest BCUT2D eigenvalue weighted by molar-refractivity contribution is 5.80. The van der Waals surface area contributed by atoms with Gasteiger partial charge in [0.2, 0.25) is 0 Å². The lowest BCUT2D eigenvalue weighted by Gasteiger charge is -2.26. The third-order valence-electron chi connectivity index (χ3n) is 7.38. The van der Waals surface area contributed by atoms with Crippen molar-refractivity contribution in [3.63, 3.8) is 0 Å². The number of morpholine rings is 1. The molecule has 7 nitrogen and oxygen atoms in total. The van der Waals surface area contributed by atoms with Crippen molar-refractivity contribution in [3.05, 3.63) is 34.2 Å². The first kappa shape index (κ1) is 24.5. The van der Waals surface area contributed by atoms with Gasteiger partial charge < -0.3 is 15.0 Å². The van der Waals surface area contributed by atoms with Crippen LogP contribution < -0.4 is 11.0 Å². The summed E-state index contributed by atoms with van der Waals surface area (Å²) in [5.74, 6) is 0. The number of unbranched alkanes of at least 4 members (excludes halogenated alkanes) is 4. The van der Waals surface area contributed by atoms with E-state index in [2.05, 4.69) is 40.4 Å². The van der Waals surface area contributed by atoms with Crippen molar-refractivity contribution < 1.29 is 4.74 Å².